The third kappa shape index (κ3) is 3.98. The first-order valence-electron chi connectivity index (χ1n) is 6.57. The zero-order chi connectivity index (χ0) is 13.7. The van der Waals surface area contributed by atoms with Crippen LogP contribution in [0.4, 0.5) is 0 Å². The maximum Gasteiger partial charge on any atom is 0.308 e. The Bertz CT molecular complexity index is 297. The standard InChI is InChI=1S/C13H24N2O3/c1-9(2)11(14)8-12(16)15-6-4-10(5-7-15)13(17)18-3/h9-11H,4-8,14H2,1-3H3. The first-order valence-corrected chi connectivity index (χ1v) is 6.57. The van der Waals surface area contributed by atoms with Gasteiger partial charge in [0.15, 0.2) is 0 Å². The number of amides is 1. The van der Waals surface area contributed by atoms with Gasteiger partial charge in [0, 0.05) is 25.6 Å². The highest BCUT2D eigenvalue weighted by Crippen LogP contribution is 2.19. The lowest BCUT2D eigenvalue weighted by Crippen LogP contribution is -2.43. The fourth-order valence-electron chi connectivity index (χ4n) is 2.10. The van der Waals surface area contributed by atoms with E-state index in [1.807, 2.05) is 18.7 Å². The molecule has 18 heavy (non-hydrogen) atoms. The van der Waals surface area contributed by atoms with Crippen LogP contribution >= 0.6 is 0 Å². The van der Waals surface area contributed by atoms with Gasteiger partial charge >= 0.3 is 5.97 Å². The molecule has 1 heterocycles. The van der Waals surface area contributed by atoms with E-state index < -0.39 is 0 Å². The molecule has 0 aromatic carbocycles. The molecule has 0 bridgehead atoms. The summed E-state index contributed by atoms with van der Waals surface area (Å²) >= 11 is 0. The minimum atomic E-state index is -0.166. The number of likely N-dealkylation sites (tertiary alicyclic amines) is 1. The lowest BCUT2D eigenvalue weighted by Gasteiger charge is -2.31. The summed E-state index contributed by atoms with van der Waals surface area (Å²) in [5, 5.41) is 0. The summed E-state index contributed by atoms with van der Waals surface area (Å²) in [5.74, 6) is 0.180. The molecule has 0 aromatic rings. The van der Waals surface area contributed by atoms with E-state index in [0.29, 0.717) is 38.3 Å². The minimum Gasteiger partial charge on any atom is -0.469 e. The van der Waals surface area contributed by atoms with Crippen molar-refractivity contribution in [1.29, 1.82) is 0 Å². The van der Waals surface area contributed by atoms with Crippen LogP contribution in [-0.4, -0.2) is 43.0 Å². The van der Waals surface area contributed by atoms with E-state index in [9.17, 15) is 9.59 Å². The normalized spacial score (nSPS) is 18.8. The van der Waals surface area contributed by atoms with Crippen molar-refractivity contribution in [2.45, 2.75) is 39.2 Å². The molecule has 2 N–H and O–H groups in total. The summed E-state index contributed by atoms with van der Waals surface area (Å²) < 4.78 is 4.72. The van der Waals surface area contributed by atoms with Gasteiger partial charge < -0.3 is 15.4 Å². The van der Waals surface area contributed by atoms with Crippen LogP contribution in [-0.2, 0) is 14.3 Å². The molecule has 5 nitrogen and oxygen atoms in total. The monoisotopic (exact) mass is 256 g/mol. The summed E-state index contributed by atoms with van der Waals surface area (Å²) in [6, 6.07) is -0.0872. The van der Waals surface area contributed by atoms with E-state index in [-0.39, 0.29) is 23.8 Å². The molecule has 1 amide bonds. The van der Waals surface area contributed by atoms with Crippen LogP contribution in [0.3, 0.4) is 0 Å². The molecule has 1 atom stereocenters. The Morgan fingerprint density at radius 2 is 1.89 bits per heavy atom. The van der Waals surface area contributed by atoms with Gasteiger partial charge in [-0.2, -0.15) is 0 Å². The Labute approximate surface area is 109 Å². The number of methoxy groups -OCH3 is 1. The predicted molar refractivity (Wildman–Crippen MR) is 68.8 cm³/mol. The van der Waals surface area contributed by atoms with Gasteiger partial charge in [0.1, 0.15) is 0 Å². The van der Waals surface area contributed by atoms with E-state index in [1.165, 1.54) is 7.11 Å². The number of nitrogens with zero attached hydrogens (tertiary/aromatic N) is 1. The second-order valence-electron chi connectivity index (χ2n) is 5.29. The summed E-state index contributed by atoms with van der Waals surface area (Å²) in [6.07, 6.45) is 1.77. The molecule has 1 aliphatic heterocycles. The van der Waals surface area contributed by atoms with Crippen LogP contribution in [0, 0.1) is 11.8 Å². The van der Waals surface area contributed by atoms with Crippen molar-refractivity contribution in [3.63, 3.8) is 0 Å². The van der Waals surface area contributed by atoms with Crippen molar-refractivity contribution < 1.29 is 14.3 Å². The molecule has 0 aromatic heterocycles. The number of esters is 1. The molecule has 1 aliphatic rings. The first kappa shape index (κ1) is 15.0. The van der Waals surface area contributed by atoms with Crippen molar-refractivity contribution in [2.75, 3.05) is 20.2 Å². The van der Waals surface area contributed by atoms with Crippen molar-refractivity contribution in [3.8, 4) is 0 Å². The van der Waals surface area contributed by atoms with Crippen LogP contribution in [0.2, 0.25) is 0 Å². The van der Waals surface area contributed by atoms with Crippen LogP contribution in [0.25, 0.3) is 0 Å². The Morgan fingerprint density at radius 3 is 2.33 bits per heavy atom. The summed E-state index contributed by atoms with van der Waals surface area (Å²) in [4.78, 5) is 25.2. The van der Waals surface area contributed by atoms with E-state index >= 15 is 0 Å². The van der Waals surface area contributed by atoms with Crippen LogP contribution in [0.1, 0.15) is 33.1 Å². The van der Waals surface area contributed by atoms with Gasteiger partial charge in [0.2, 0.25) is 5.91 Å². The molecule has 0 aliphatic carbocycles. The zero-order valence-corrected chi connectivity index (χ0v) is 11.5. The van der Waals surface area contributed by atoms with Crippen LogP contribution in [0.5, 0.6) is 0 Å². The number of carbonyl (C=O) groups is 2. The highest BCUT2D eigenvalue weighted by atomic mass is 16.5. The van der Waals surface area contributed by atoms with Crippen LogP contribution < -0.4 is 5.73 Å². The molecule has 1 saturated heterocycles. The van der Waals surface area contributed by atoms with E-state index in [2.05, 4.69) is 0 Å². The number of hydrogen-bond donors (Lipinski definition) is 1. The summed E-state index contributed by atoms with van der Waals surface area (Å²) in [6.45, 7) is 5.29. The molecule has 0 radical (unpaired) electrons. The highest BCUT2D eigenvalue weighted by molar-refractivity contribution is 5.77. The Morgan fingerprint density at radius 1 is 1.33 bits per heavy atom. The molecule has 1 unspecified atom stereocenters. The Hall–Kier alpha value is -1.10. The number of ether oxygens (including phenoxy) is 1. The average Bonchev–Trinajstić information content (AvgIpc) is 2.37. The van der Waals surface area contributed by atoms with E-state index in [0.717, 1.165) is 0 Å². The predicted octanol–water partition coefficient (Wildman–Crippen LogP) is 0.771. The highest BCUT2D eigenvalue weighted by Gasteiger charge is 2.28. The first-order chi connectivity index (χ1) is 8.45. The zero-order valence-electron chi connectivity index (χ0n) is 11.5. The third-order valence-corrected chi connectivity index (χ3v) is 3.65. The minimum absolute atomic E-state index is 0.0576. The number of carbonyl (C=O) groups excluding carboxylic acids is 2. The molecule has 1 fully saturated rings. The van der Waals surface area contributed by atoms with Gasteiger partial charge in [-0.25, -0.2) is 0 Å². The molecule has 0 spiro atoms. The molecular formula is C13H24N2O3. The van der Waals surface area contributed by atoms with E-state index in [4.69, 9.17) is 10.5 Å². The van der Waals surface area contributed by atoms with Gasteiger partial charge in [-0.05, 0) is 18.8 Å². The third-order valence-electron chi connectivity index (χ3n) is 3.65. The lowest BCUT2D eigenvalue weighted by atomic mass is 9.95. The topological polar surface area (TPSA) is 72.6 Å². The van der Waals surface area contributed by atoms with Gasteiger partial charge in [0.25, 0.3) is 0 Å². The van der Waals surface area contributed by atoms with Crippen molar-refractivity contribution >= 4 is 11.9 Å². The maximum absolute atomic E-state index is 12.0. The Balaban J connectivity index is 2.38. The Kier molecular flexibility index (Phi) is 5.59. The summed E-state index contributed by atoms with van der Waals surface area (Å²) in [5.41, 5.74) is 5.90. The molecular weight excluding hydrogens is 232 g/mol. The fraction of sp³-hybridized carbons (Fsp3) is 0.846. The molecule has 104 valence electrons. The largest absolute Gasteiger partial charge is 0.469 e. The number of nitrogens with two attached hydrogens (primary N) is 1. The van der Waals surface area contributed by atoms with Crippen LogP contribution in [0.15, 0.2) is 0 Å². The van der Waals surface area contributed by atoms with Crippen molar-refractivity contribution in [1.82, 2.24) is 4.90 Å². The molecule has 5 heteroatoms. The molecule has 1 rings (SSSR count). The van der Waals surface area contributed by atoms with E-state index in [1.54, 1.807) is 0 Å². The smallest absolute Gasteiger partial charge is 0.308 e. The van der Waals surface area contributed by atoms with Gasteiger partial charge in [-0.15, -0.1) is 0 Å². The van der Waals surface area contributed by atoms with Crippen molar-refractivity contribution in [2.24, 2.45) is 17.6 Å². The number of piperidine rings is 1. The maximum atomic E-state index is 12.0. The van der Waals surface area contributed by atoms with Gasteiger partial charge in [-0.1, -0.05) is 13.8 Å². The second kappa shape index (κ2) is 6.73. The van der Waals surface area contributed by atoms with Crippen molar-refractivity contribution in [3.05, 3.63) is 0 Å². The average molecular weight is 256 g/mol. The van der Waals surface area contributed by atoms with Gasteiger partial charge in [0.05, 0.1) is 13.0 Å². The number of rotatable bonds is 4. The fourth-order valence-corrected chi connectivity index (χ4v) is 2.10. The summed E-state index contributed by atoms with van der Waals surface area (Å²) in [7, 11) is 1.40. The quantitative estimate of drug-likeness (QED) is 0.754. The van der Waals surface area contributed by atoms with Gasteiger partial charge in [-0.3, -0.25) is 9.59 Å². The second-order valence-corrected chi connectivity index (χ2v) is 5.29. The molecule has 0 saturated carbocycles. The lowest BCUT2D eigenvalue weighted by molar-refractivity contribution is -0.149. The number of hydrogen-bond acceptors (Lipinski definition) is 4. The SMILES string of the molecule is COC(=O)C1CCN(C(=O)CC(N)C(C)C)CC1.